The maximum absolute atomic E-state index is 11.8. The van der Waals surface area contributed by atoms with Crippen molar-refractivity contribution in [1.29, 1.82) is 0 Å². The van der Waals surface area contributed by atoms with Crippen molar-refractivity contribution < 1.29 is 14.7 Å². The predicted octanol–water partition coefficient (Wildman–Crippen LogP) is 3.42. The van der Waals surface area contributed by atoms with E-state index in [0.717, 1.165) is 0 Å². The molecule has 0 aliphatic heterocycles. The first-order valence-electron chi connectivity index (χ1n) is 6.66. The van der Waals surface area contributed by atoms with E-state index >= 15 is 0 Å². The van der Waals surface area contributed by atoms with Gasteiger partial charge >= 0.3 is 5.97 Å². The van der Waals surface area contributed by atoms with Gasteiger partial charge < -0.3 is 10.4 Å². The fourth-order valence-corrected chi connectivity index (χ4v) is 1.78. The van der Waals surface area contributed by atoms with Gasteiger partial charge in [0.15, 0.2) is 0 Å². The Bertz CT molecular complexity index is 495. The van der Waals surface area contributed by atoms with E-state index in [2.05, 4.69) is 5.32 Å². The molecule has 0 unspecified atom stereocenters. The summed E-state index contributed by atoms with van der Waals surface area (Å²) in [4.78, 5) is 23.0. The summed E-state index contributed by atoms with van der Waals surface area (Å²) in [6.07, 6.45) is 0.440. The number of hydrogen-bond donors (Lipinski definition) is 2. The highest BCUT2D eigenvalue weighted by atomic mass is 16.4. The highest BCUT2D eigenvalue weighted by Gasteiger charge is 2.29. The molecule has 0 saturated carbocycles. The van der Waals surface area contributed by atoms with Crippen molar-refractivity contribution in [3.05, 3.63) is 29.8 Å². The molecule has 20 heavy (non-hydrogen) atoms. The molecule has 4 nitrogen and oxygen atoms in total. The smallest absolute Gasteiger partial charge is 0.313 e. The van der Waals surface area contributed by atoms with E-state index < -0.39 is 11.4 Å². The van der Waals surface area contributed by atoms with Crippen LogP contribution in [0.15, 0.2) is 24.3 Å². The van der Waals surface area contributed by atoms with Crippen LogP contribution in [0.1, 0.15) is 46.6 Å². The maximum atomic E-state index is 11.8. The second-order valence-corrected chi connectivity index (χ2v) is 6.79. The van der Waals surface area contributed by atoms with Crippen LogP contribution in [0.25, 0.3) is 0 Å². The number of hydrogen-bond acceptors (Lipinski definition) is 2. The summed E-state index contributed by atoms with van der Waals surface area (Å²) in [5.41, 5.74) is 0.395. The van der Waals surface area contributed by atoms with Crippen LogP contribution < -0.4 is 5.32 Å². The average molecular weight is 277 g/mol. The molecule has 1 aromatic carbocycles. The van der Waals surface area contributed by atoms with E-state index in [4.69, 9.17) is 5.11 Å². The molecule has 1 rings (SSSR count). The fraction of sp³-hybridized carbons (Fsp3) is 0.500. The van der Waals surface area contributed by atoms with Crippen molar-refractivity contribution >= 4 is 17.6 Å². The van der Waals surface area contributed by atoms with Gasteiger partial charge in [0.1, 0.15) is 0 Å². The molecular weight excluding hydrogens is 254 g/mol. The van der Waals surface area contributed by atoms with Crippen LogP contribution in [0.4, 0.5) is 5.69 Å². The summed E-state index contributed by atoms with van der Waals surface area (Å²) in [5, 5.41) is 12.0. The van der Waals surface area contributed by atoms with E-state index in [1.807, 2.05) is 20.8 Å². The van der Waals surface area contributed by atoms with Crippen molar-refractivity contribution in [2.45, 2.75) is 46.5 Å². The molecule has 0 heterocycles. The number of benzene rings is 1. The molecule has 0 bridgehead atoms. The molecule has 0 aliphatic carbocycles. The summed E-state index contributed by atoms with van der Waals surface area (Å²) in [7, 11) is 0. The quantitative estimate of drug-likeness (QED) is 0.886. The first kappa shape index (κ1) is 16.2. The molecule has 0 fully saturated rings. The number of anilines is 1. The van der Waals surface area contributed by atoms with Gasteiger partial charge in [0.25, 0.3) is 0 Å². The summed E-state index contributed by atoms with van der Waals surface area (Å²) in [6.45, 7) is 9.33. The summed E-state index contributed by atoms with van der Waals surface area (Å²) in [5.74, 6) is -0.912. The molecule has 4 heteroatoms. The molecule has 0 spiro atoms. The lowest BCUT2D eigenvalue weighted by Gasteiger charge is -2.20. The van der Waals surface area contributed by atoms with Gasteiger partial charge in [-0.25, -0.2) is 0 Å². The number of aliphatic carboxylic acids is 1. The van der Waals surface area contributed by atoms with Crippen LogP contribution >= 0.6 is 0 Å². The highest BCUT2D eigenvalue weighted by molar-refractivity contribution is 5.91. The maximum Gasteiger partial charge on any atom is 0.313 e. The Morgan fingerprint density at radius 1 is 1.05 bits per heavy atom. The van der Waals surface area contributed by atoms with Crippen LogP contribution in [0.5, 0.6) is 0 Å². The Morgan fingerprint density at radius 2 is 1.55 bits per heavy atom. The molecule has 0 aliphatic rings. The third-order valence-electron chi connectivity index (χ3n) is 3.12. The molecular formula is C16H23NO3. The zero-order chi connectivity index (χ0) is 15.6. The number of carbonyl (C=O) groups is 2. The molecule has 0 radical (unpaired) electrons. The van der Waals surface area contributed by atoms with E-state index in [1.54, 1.807) is 38.1 Å². The van der Waals surface area contributed by atoms with Gasteiger partial charge in [-0.3, -0.25) is 9.59 Å². The Labute approximate surface area is 120 Å². The standard InChI is InChI=1S/C16H23NO3/c1-15(2,3)10-13(18)17-12-8-6-11(7-9-12)16(4,5)14(19)20/h6-9H,10H2,1-5H3,(H,17,18)(H,19,20). The zero-order valence-electron chi connectivity index (χ0n) is 12.8. The molecule has 1 aromatic rings. The van der Waals surface area contributed by atoms with Gasteiger partial charge in [-0.1, -0.05) is 32.9 Å². The molecule has 1 amide bonds. The lowest BCUT2D eigenvalue weighted by atomic mass is 9.85. The first-order chi connectivity index (χ1) is 9.02. The lowest BCUT2D eigenvalue weighted by molar-refractivity contribution is -0.142. The molecule has 110 valence electrons. The monoisotopic (exact) mass is 277 g/mol. The Morgan fingerprint density at radius 3 is 1.95 bits per heavy atom. The van der Waals surface area contributed by atoms with Crippen molar-refractivity contribution in [3.63, 3.8) is 0 Å². The second-order valence-electron chi connectivity index (χ2n) is 6.79. The van der Waals surface area contributed by atoms with Gasteiger partial charge in [-0.15, -0.1) is 0 Å². The Kier molecular flexibility index (Phi) is 4.58. The largest absolute Gasteiger partial charge is 0.481 e. The van der Waals surface area contributed by atoms with E-state index in [0.29, 0.717) is 17.7 Å². The van der Waals surface area contributed by atoms with Gasteiger partial charge in [0, 0.05) is 12.1 Å². The van der Waals surface area contributed by atoms with Crippen LogP contribution in [-0.4, -0.2) is 17.0 Å². The van der Waals surface area contributed by atoms with Crippen LogP contribution in [0, 0.1) is 5.41 Å². The van der Waals surface area contributed by atoms with Crippen LogP contribution in [0.2, 0.25) is 0 Å². The van der Waals surface area contributed by atoms with Crippen LogP contribution in [-0.2, 0) is 15.0 Å². The minimum Gasteiger partial charge on any atom is -0.481 e. The van der Waals surface area contributed by atoms with Gasteiger partial charge in [0.05, 0.1) is 5.41 Å². The predicted molar refractivity (Wildman–Crippen MR) is 79.8 cm³/mol. The van der Waals surface area contributed by atoms with E-state index in [9.17, 15) is 9.59 Å². The topological polar surface area (TPSA) is 66.4 Å². The number of carboxylic acid groups (broad SMARTS) is 1. The molecule has 0 saturated heterocycles. The van der Waals surface area contributed by atoms with Crippen molar-refractivity contribution in [2.24, 2.45) is 5.41 Å². The summed E-state index contributed by atoms with van der Waals surface area (Å²) < 4.78 is 0. The number of rotatable bonds is 4. The van der Waals surface area contributed by atoms with Gasteiger partial charge in [-0.05, 0) is 37.0 Å². The zero-order valence-corrected chi connectivity index (χ0v) is 12.8. The number of carboxylic acids is 1. The second kappa shape index (κ2) is 5.65. The number of nitrogens with one attached hydrogen (secondary N) is 1. The van der Waals surface area contributed by atoms with Crippen molar-refractivity contribution in [2.75, 3.05) is 5.32 Å². The van der Waals surface area contributed by atoms with Gasteiger partial charge in [-0.2, -0.15) is 0 Å². The molecule has 2 N–H and O–H groups in total. The number of amides is 1. The Hall–Kier alpha value is -1.84. The van der Waals surface area contributed by atoms with E-state index in [-0.39, 0.29) is 11.3 Å². The minimum absolute atomic E-state index is 0.0391. The lowest BCUT2D eigenvalue weighted by Crippen LogP contribution is -2.28. The van der Waals surface area contributed by atoms with E-state index in [1.165, 1.54) is 0 Å². The summed E-state index contributed by atoms with van der Waals surface area (Å²) >= 11 is 0. The summed E-state index contributed by atoms with van der Waals surface area (Å²) in [6, 6.07) is 6.95. The first-order valence-corrected chi connectivity index (χ1v) is 6.66. The highest BCUT2D eigenvalue weighted by Crippen LogP contribution is 2.25. The van der Waals surface area contributed by atoms with Crippen LogP contribution in [0.3, 0.4) is 0 Å². The SMILES string of the molecule is CC(C)(C)CC(=O)Nc1ccc(C(C)(C)C(=O)O)cc1. The minimum atomic E-state index is -0.937. The normalized spacial score (nSPS) is 12.1. The third kappa shape index (κ3) is 4.37. The average Bonchev–Trinajstić information content (AvgIpc) is 2.26. The third-order valence-corrected chi connectivity index (χ3v) is 3.12. The molecule has 0 atom stereocenters. The van der Waals surface area contributed by atoms with Gasteiger partial charge in [0.2, 0.25) is 5.91 Å². The number of carbonyl (C=O) groups excluding carboxylic acids is 1. The fourth-order valence-electron chi connectivity index (χ4n) is 1.78. The molecule has 0 aromatic heterocycles. The Balaban J connectivity index is 2.78. The van der Waals surface area contributed by atoms with Crippen molar-refractivity contribution in [3.8, 4) is 0 Å². The van der Waals surface area contributed by atoms with Crippen molar-refractivity contribution in [1.82, 2.24) is 0 Å².